The Balaban J connectivity index is 1.38. The summed E-state index contributed by atoms with van der Waals surface area (Å²) in [5.41, 5.74) is 8.26. The van der Waals surface area contributed by atoms with Crippen molar-refractivity contribution >= 4 is 12.0 Å². The summed E-state index contributed by atoms with van der Waals surface area (Å²) < 4.78 is 14.8. The lowest BCUT2D eigenvalue weighted by molar-refractivity contribution is -0.132. The van der Waals surface area contributed by atoms with Crippen LogP contribution in [0.2, 0.25) is 0 Å². The van der Waals surface area contributed by atoms with Gasteiger partial charge in [0.2, 0.25) is 5.91 Å². The zero-order chi connectivity index (χ0) is 27.0. The molecule has 1 aliphatic carbocycles. The van der Waals surface area contributed by atoms with E-state index in [1.807, 2.05) is 18.2 Å². The van der Waals surface area contributed by atoms with E-state index in [1.54, 1.807) is 17.0 Å². The van der Waals surface area contributed by atoms with Crippen molar-refractivity contribution < 1.29 is 9.18 Å². The van der Waals surface area contributed by atoms with Gasteiger partial charge in [0.05, 0.1) is 18.6 Å². The molecule has 0 fully saturated rings. The van der Waals surface area contributed by atoms with Crippen LogP contribution in [0.1, 0.15) is 45.9 Å². The number of nitrogens with zero attached hydrogens (tertiary/aromatic N) is 2. The van der Waals surface area contributed by atoms with Gasteiger partial charge in [-0.25, -0.2) is 4.39 Å². The lowest BCUT2D eigenvalue weighted by atomic mass is 9.75. The Bertz CT molecular complexity index is 1570. The third-order valence-electron chi connectivity index (χ3n) is 8.50. The highest BCUT2D eigenvalue weighted by atomic mass is 19.1. The van der Waals surface area contributed by atoms with Gasteiger partial charge in [0.1, 0.15) is 5.82 Å². The van der Waals surface area contributed by atoms with Crippen molar-refractivity contribution in [3.05, 3.63) is 148 Å². The van der Waals surface area contributed by atoms with E-state index in [0.717, 1.165) is 24.2 Å². The monoisotopic (exact) mass is 516 g/mol. The largest absolute Gasteiger partial charge is 0.310 e. The lowest BCUT2D eigenvalue weighted by Gasteiger charge is -2.47. The second-order valence-electron chi connectivity index (χ2n) is 10.8. The normalized spacial score (nSPS) is 18.3. The number of carbonyl (C=O) groups is 1. The van der Waals surface area contributed by atoms with Crippen LogP contribution in [-0.2, 0) is 29.7 Å². The maximum absolute atomic E-state index is 14.8. The molecule has 0 bridgehead atoms. The zero-order valence-electron chi connectivity index (χ0n) is 22.5. The summed E-state index contributed by atoms with van der Waals surface area (Å²) >= 11 is 0. The van der Waals surface area contributed by atoms with E-state index in [4.69, 9.17) is 0 Å². The molecular formula is C35H33FN2O. The third-order valence-corrected chi connectivity index (χ3v) is 8.50. The summed E-state index contributed by atoms with van der Waals surface area (Å²) in [7, 11) is 0. The zero-order valence-corrected chi connectivity index (χ0v) is 22.5. The first-order valence-electron chi connectivity index (χ1n) is 13.7. The van der Waals surface area contributed by atoms with Crippen LogP contribution in [0.3, 0.4) is 0 Å². The van der Waals surface area contributed by atoms with Gasteiger partial charge in [0.25, 0.3) is 0 Å². The van der Waals surface area contributed by atoms with Crippen LogP contribution in [0.5, 0.6) is 0 Å². The summed E-state index contributed by atoms with van der Waals surface area (Å²) in [5, 5.41) is 0. The molecule has 1 aliphatic heterocycles. The number of fused-ring (bicyclic) bond motifs is 2. The minimum absolute atomic E-state index is 0.0171. The molecule has 1 amide bonds. The topological polar surface area (TPSA) is 23.6 Å². The standard InChI is InChI=1S/C35H33FN2O/c1-25-11-3-8-16-31(25)35(2)32-17-9-6-12-26(32)19-20-37(35)24-34(39)38(23-29-15-7-10-18-33(29)36)30-21-27-13-4-5-14-28(27)22-30/h3-18,21H,19-20,22-24H2,1-2H3. The van der Waals surface area contributed by atoms with E-state index in [9.17, 15) is 9.18 Å². The van der Waals surface area contributed by atoms with E-state index in [1.165, 1.54) is 33.9 Å². The highest BCUT2D eigenvalue weighted by Gasteiger charge is 2.42. The van der Waals surface area contributed by atoms with Gasteiger partial charge >= 0.3 is 0 Å². The molecule has 4 aromatic rings. The van der Waals surface area contributed by atoms with Gasteiger partial charge in [-0.1, -0.05) is 91.0 Å². The fourth-order valence-corrected chi connectivity index (χ4v) is 6.36. The number of halogens is 1. The molecular weight excluding hydrogens is 483 g/mol. The Morgan fingerprint density at radius 1 is 0.872 bits per heavy atom. The quantitative estimate of drug-likeness (QED) is 0.279. The van der Waals surface area contributed by atoms with Gasteiger partial charge in [-0.2, -0.15) is 0 Å². The molecule has 196 valence electrons. The number of benzene rings is 4. The van der Waals surface area contributed by atoms with Crippen molar-refractivity contribution in [2.45, 2.75) is 38.8 Å². The number of carbonyl (C=O) groups excluding carboxylic acids is 1. The van der Waals surface area contributed by atoms with E-state index in [0.29, 0.717) is 12.0 Å². The van der Waals surface area contributed by atoms with Crippen molar-refractivity contribution in [2.75, 3.05) is 13.1 Å². The summed E-state index contributed by atoms with van der Waals surface area (Å²) in [6, 6.07) is 32.0. The lowest BCUT2D eigenvalue weighted by Crippen LogP contribution is -2.53. The van der Waals surface area contributed by atoms with E-state index < -0.39 is 5.54 Å². The number of allylic oxidation sites excluding steroid dienone is 1. The summed E-state index contributed by atoms with van der Waals surface area (Å²) in [6.45, 7) is 5.59. The molecule has 0 radical (unpaired) electrons. The Kier molecular flexibility index (Phi) is 6.66. The fraction of sp³-hybridized carbons (Fsp3) is 0.229. The van der Waals surface area contributed by atoms with Crippen LogP contribution >= 0.6 is 0 Å². The molecule has 0 saturated carbocycles. The number of hydrogen-bond donors (Lipinski definition) is 0. The van der Waals surface area contributed by atoms with Crippen molar-refractivity contribution in [1.29, 1.82) is 0 Å². The molecule has 4 aromatic carbocycles. The predicted molar refractivity (Wildman–Crippen MR) is 154 cm³/mol. The molecule has 6 rings (SSSR count). The SMILES string of the molecule is Cc1ccccc1C1(C)c2ccccc2CCN1CC(=O)N(Cc1ccccc1F)C1=Cc2ccccc2C1. The first kappa shape index (κ1) is 25.3. The van der Waals surface area contributed by atoms with Gasteiger partial charge in [-0.3, -0.25) is 9.69 Å². The molecule has 1 unspecified atom stereocenters. The molecule has 2 aliphatic rings. The van der Waals surface area contributed by atoms with Crippen molar-refractivity contribution in [2.24, 2.45) is 0 Å². The van der Waals surface area contributed by atoms with Gasteiger partial charge < -0.3 is 4.90 Å². The van der Waals surface area contributed by atoms with Crippen LogP contribution in [0.25, 0.3) is 6.08 Å². The molecule has 1 heterocycles. The smallest absolute Gasteiger partial charge is 0.241 e. The van der Waals surface area contributed by atoms with Gasteiger partial charge in [-0.05, 0) is 65.8 Å². The number of rotatable bonds is 6. The molecule has 39 heavy (non-hydrogen) atoms. The second kappa shape index (κ2) is 10.3. The molecule has 1 atom stereocenters. The Morgan fingerprint density at radius 3 is 2.31 bits per heavy atom. The summed E-state index contributed by atoms with van der Waals surface area (Å²) in [6.07, 6.45) is 3.63. The van der Waals surface area contributed by atoms with Crippen LogP contribution in [0.4, 0.5) is 4.39 Å². The first-order valence-corrected chi connectivity index (χ1v) is 13.7. The van der Waals surface area contributed by atoms with Crippen LogP contribution in [0.15, 0.2) is 103 Å². The molecule has 0 N–H and O–H groups in total. The van der Waals surface area contributed by atoms with E-state index >= 15 is 0 Å². The summed E-state index contributed by atoms with van der Waals surface area (Å²) in [5.74, 6) is -0.306. The molecule has 0 spiro atoms. The van der Waals surface area contributed by atoms with Crippen LogP contribution < -0.4 is 0 Å². The molecule has 0 saturated heterocycles. The minimum Gasteiger partial charge on any atom is -0.310 e. The van der Waals surface area contributed by atoms with E-state index in [2.05, 4.69) is 85.5 Å². The van der Waals surface area contributed by atoms with Crippen LogP contribution in [-0.4, -0.2) is 28.8 Å². The van der Waals surface area contributed by atoms with Crippen molar-refractivity contribution in [3.63, 3.8) is 0 Å². The van der Waals surface area contributed by atoms with E-state index in [-0.39, 0.29) is 24.8 Å². The van der Waals surface area contributed by atoms with Crippen LogP contribution in [0, 0.1) is 12.7 Å². The van der Waals surface area contributed by atoms with Crippen molar-refractivity contribution in [3.8, 4) is 0 Å². The first-order chi connectivity index (χ1) is 18.9. The predicted octanol–water partition coefficient (Wildman–Crippen LogP) is 6.88. The Morgan fingerprint density at radius 2 is 1.54 bits per heavy atom. The Hall–Kier alpha value is -4.02. The molecule has 4 heteroatoms. The van der Waals surface area contributed by atoms with Gasteiger partial charge in [-0.15, -0.1) is 0 Å². The maximum atomic E-state index is 14.8. The summed E-state index contributed by atoms with van der Waals surface area (Å²) in [4.78, 5) is 18.4. The average molecular weight is 517 g/mol. The van der Waals surface area contributed by atoms with Crippen molar-refractivity contribution in [1.82, 2.24) is 9.80 Å². The maximum Gasteiger partial charge on any atom is 0.241 e. The average Bonchev–Trinajstić information content (AvgIpc) is 3.38. The number of aryl methyl sites for hydroxylation is 1. The third kappa shape index (κ3) is 4.59. The fourth-order valence-electron chi connectivity index (χ4n) is 6.36. The highest BCUT2D eigenvalue weighted by molar-refractivity contribution is 5.83. The highest BCUT2D eigenvalue weighted by Crippen LogP contribution is 2.42. The second-order valence-corrected chi connectivity index (χ2v) is 10.8. The molecule has 3 nitrogen and oxygen atoms in total. The van der Waals surface area contributed by atoms with Gasteiger partial charge in [0, 0.05) is 24.2 Å². The van der Waals surface area contributed by atoms with Gasteiger partial charge in [0.15, 0.2) is 0 Å². The number of hydrogen-bond acceptors (Lipinski definition) is 2. The minimum atomic E-state index is -0.466. The Labute approximate surface area is 230 Å². The number of amides is 1. The molecule has 0 aromatic heterocycles.